The Hall–Kier alpha value is -0.836. The summed E-state index contributed by atoms with van der Waals surface area (Å²) in [5, 5.41) is 2.50. The van der Waals surface area contributed by atoms with E-state index in [4.69, 9.17) is 4.74 Å². The molecule has 0 aromatic heterocycles. The van der Waals surface area contributed by atoms with Crippen molar-refractivity contribution in [1.82, 2.24) is 0 Å². The molecule has 0 spiro atoms. The number of ether oxygens (including phenoxy) is 1. The van der Waals surface area contributed by atoms with Crippen LogP contribution in [-0.2, 0) is 9.53 Å². The molecule has 4 heteroatoms. The number of allylic oxidation sites excluding steroid dienone is 1. The molecule has 2 nitrogen and oxygen atoms in total. The molecule has 0 bridgehead atoms. The van der Waals surface area contributed by atoms with Crippen molar-refractivity contribution >= 4 is 22.1 Å². The molecular formula is C16H30O2Si2. The number of rotatable bonds is 7. The van der Waals surface area contributed by atoms with Crippen molar-refractivity contribution in [2.75, 3.05) is 6.61 Å². The summed E-state index contributed by atoms with van der Waals surface area (Å²) in [6, 6.07) is 0. The highest BCUT2D eigenvalue weighted by atomic mass is 28.3. The van der Waals surface area contributed by atoms with E-state index in [2.05, 4.69) is 51.6 Å². The minimum absolute atomic E-state index is 0.133. The molecule has 0 fully saturated rings. The summed E-state index contributed by atoms with van der Waals surface area (Å²) >= 11 is 0. The van der Waals surface area contributed by atoms with Crippen molar-refractivity contribution in [2.45, 2.75) is 59.0 Å². The predicted molar refractivity (Wildman–Crippen MR) is 93.3 cm³/mol. The zero-order valence-electron chi connectivity index (χ0n) is 14.2. The lowest BCUT2D eigenvalue weighted by Crippen LogP contribution is -2.28. The smallest absolute Gasteiger partial charge is 0.310 e. The van der Waals surface area contributed by atoms with Gasteiger partial charge >= 0.3 is 5.97 Å². The van der Waals surface area contributed by atoms with Gasteiger partial charge in [-0.2, -0.15) is 0 Å². The summed E-state index contributed by atoms with van der Waals surface area (Å²) in [4.78, 5) is 11.8. The summed E-state index contributed by atoms with van der Waals surface area (Å²) in [7, 11) is -3.01. The van der Waals surface area contributed by atoms with Crippen molar-refractivity contribution in [3.05, 3.63) is 28.8 Å². The highest BCUT2D eigenvalue weighted by molar-refractivity contribution is 6.84. The second-order valence-corrected chi connectivity index (χ2v) is 17.3. The van der Waals surface area contributed by atoms with E-state index in [0.717, 1.165) is 11.6 Å². The van der Waals surface area contributed by atoms with E-state index in [-0.39, 0.29) is 5.97 Å². The molecule has 0 radical (unpaired) electrons. The lowest BCUT2D eigenvalue weighted by Gasteiger charge is -2.22. The third kappa shape index (κ3) is 7.08. The highest BCUT2D eigenvalue weighted by Gasteiger charge is 2.25. The fourth-order valence-electron chi connectivity index (χ4n) is 1.72. The van der Waals surface area contributed by atoms with Gasteiger partial charge in [0.2, 0.25) is 0 Å². The van der Waals surface area contributed by atoms with Crippen molar-refractivity contribution in [3.63, 3.8) is 0 Å². The maximum atomic E-state index is 11.8. The van der Waals surface area contributed by atoms with Gasteiger partial charge in [0.1, 0.15) is 0 Å². The Bertz CT molecular complexity index is 417. The van der Waals surface area contributed by atoms with Gasteiger partial charge in [-0.25, -0.2) is 0 Å². The van der Waals surface area contributed by atoms with Crippen LogP contribution in [0, 0.1) is 0 Å². The zero-order valence-corrected chi connectivity index (χ0v) is 16.2. The van der Waals surface area contributed by atoms with Crippen LogP contribution in [0.5, 0.6) is 0 Å². The summed E-state index contributed by atoms with van der Waals surface area (Å²) in [5.74, 6) is -0.133. The van der Waals surface area contributed by atoms with Crippen LogP contribution in [0.4, 0.5) is 0 Å². The third-order valence-corrected chi connectivity index (χ3v) is 7.34. The van der Waals surface area contributed by atoms with Gasteiger partial charge in [0.25, 0.3) is 0 Å². The zero-order chi connectivity index (χ0) is 16.0. The van der Waals surface area contributed by atoms with Crippen LogP contribution in [0.2, 0.25) is 39.3 Å². The molecule has 0 rings (SSSR count). The quantitative estimate of drug-likeness (QED) is 0.294. The first kappa shape index (κ1) is 19.2. The molecule has 20 heavy (non-hydrogen) atoms. The average Bonchev–Trinajstić information content (AvgIpc) is 2.24. The van der Waals surface area contributed by atoms with E-state index in [9.17, 15) is 4.79 Å². The maximum absolute atomic E-state index is 11.8. The van der Waals surface area contributed by atoms with Crippen LogP contribution in [0.3, 0.4) is 0 Å². The lowest BCUT2D eigenvalue weighted by molar-refractivity contribution is -0.142. The van der Waals surface area contributed by atoms with Gasteiger partial charge in [0.05, 0.1) is 29.2 Å². The molecular weight excluding hydrogens is 280 g/mol. The van der Waals surface area contributed by atoms with Crippen molar-refractivity contribution < 1.29 is 9.53 Å². The van der Waals surface area contributed by atoms with E-state index >= 15 is 0 Å². The largest absolute Gasteiger partial charge is 0.466 e. The van der Waals surface area contributed by atoms with Crippen molar-refractivity contribution in [2.24, 2.45) is 0 Å². The van der Waals surface area contributed by atoms with Crippen LogP contribution < -0.4 is 0 Å². The van der Waals surface area contributed by atoms with Gasteiger partial charge in [0, 0.05) is 0 Å². The van der Waals surface area contributed by atoms with Gasteiger partial charge in [0.15, 0.2) is 0 Å². The fraction of sp³-hybridized carbons (Fsp3) is 0.625. The average molecular weight is 311 g/mol. The van der Waals surface area contributed by atoms with E-state index in [0.29, 0.717) is 13.0 Å². The number of esters is 1. The van der Waals surface area contributed by atoms with Crippen LogP contribution in [-0.4, -0.2) is 28.7 Å². The summed E-state index contributed by atoms with van der Waals surface area (Å²) < 4.78 is 5.10. The lowest BCUT2D eigenvalue weighted by atomic mass is 10.3. The maximum Gasteiger partial charge on any atom is 0.310 e. The molecule has 0 atom stereocenters. The van der Waals surface area contributed by atoms with Gasteiger partial charge < -0.3 is 4.74 Å². The minimum atomic E-state index is -1.58. The first-order chi connectivity index (χ1) is 9.02. The molecule has 0 aliphatic carbocycles. The molecule has 0 aliphatic heterocycles. The Labute approximate surface area is 126 Å². The first-order valence-electron chi connectivity index (χ1n) is 7.28. The normalized spacial score (nSPS) is 11.6. The SMILES string of the molecule is C=CCC(=C=C(CC(=O)OCC)[Si](C)(C)C)[Si](C)(C)C. The van der Waals surface area contributed by atoms with E-state index in [1.165, 1.54) is 5.20 Å². The molecule has 0 aromatic rings. The first-order valence-corrected chi connectivity index (χ1v) is 14.3. The van der Waals surface area contributed by atoms with Crippen LogP contribution in [0.1, 0.15) is 19.8 Å². The van der Waals surface area contributed by atoms with E-state index in [1.54, 1.807) is 0 Å². The Morgan fingerprint density at radius 3 is 1.95 bits per heavy atom. The molecule has 0 unspecified atom stereocenters. The predicted octanol–water partition coefficient (Wildman–Crippen LogP) is 4.72. The van der Waals surface area contributed by atoms with Crippen molar-refractivity contribution in [3.8, 4) is 0 Å². The summed E-state index contributed by atoms with van der Waals surface area (Å²) in [6.07, 6.45) is 3.19. The van der Waals surface area contributed by atoms with Crippen LogP contribution in [0.15, 0.2) is 28.8 Å². The summed E-state index contributed by atoms with van der Waals surface area (Å²) in [6.45, 7) is 19.8. The Balaban J connectivity index is 5.74. The standard InChI is InChI=1S/C16H30O2Si2/c1-9-11-14(19(3,4)5)12-15(20(6,7)8)13-16(17)18-10-2/h9H,1,10-11,13H2,2-8H3. The van der Waals surface area contributed by atoms with Gasteiger partial charge in [-0.1, -0.05) is 45.4 Å². The van der Waals surface area contributed by atoms with Crippen LogP contribution in [0.25, 0.3) is 0 Å². The molecule has 114 valence electrons. The number of carbonyl (C=O) groups excluding carboxylic acids is 1. The second-order valence-electron chi connectivity index (χ2n) is 7.06. The number of carbonyl (C=O) groups is 1. The van der Waals surface area contributed by atoms with Gasteiger partial charge in [-0.3, -0.25) is 4.79 Å². The second kappa shape index (κ2) is 7.82. The molecule has 0 heterocycles. The molecule has 0 saturated heterocycles. The Kier molecular flexibility index (Phi) is 7.49. The molecule has 0 aliphatic rings. The van der Waals surface area contributed by atoms with E-state index in [1.807, 2.05) is 13.0 Å². The Morgan fingerprint density at radius 2 is 1.60 bits per heavy atom. The minimum Gasteiger partial charge on any atom is -0.466 e. The van der Waals surface area contributed by atoms with Gasteiger partial charge in [-0.05, 0) is 23.7 Å². The highest BCUT2D eigenvalue weighted by Crippen LogP contribution is 2.23. The fourth-order valence-corrected chi connectivity index (χ4v) is 4.33. The van der Waals surface area contributed by atoms with Gasteiger partial charge in [-0.15, -0.1) is 12.3 Å². The monoisotopic (exact) mass is 310 g/mol. The third-order valence-electron chi connectivity index (χ3n) is 3.09. The number of hydrogen-bond donors (Lipinski definition) is 0. The van der Waals surface area contributed by atoms with E-state index < -0.39 is 16.1 Å². The molecule has 0 aromatic carbocycles. The van der Waals surface area contributed by atoms with Crippen molar-refractivity contribution in [1.29, 1.82) is 0 Å². The Morgan fingerprint density at radius 1 is 1.10 bits per heavy atom. The van der Waals surface area contributed by atoms with Crippen LogP contribution >= 0.6 is 0 Å². The topological polar surface area (TPSA) is 26.3 Å². The molecule has 0 N–H and O–H groups in total. The molecule has 0 saturated carbocycles. The molecule has 0 amide bonds. The number of hydrogen-bond acceptors (Lipinski definition) is 2. The summed E-state index contributed by atoms with van der Waals surface area (Å²) in [5.41, 5.74) is 3.61.